The van der Waals surface area contributed by atoms with Crippen molar-refractivity contribution in [3.05, 3.63) is 77.1 Å². The highest BCUT2D eigenvalue weighted by Crippen LogP contribution is 2.18. The Kier molecular flexibility index (Phi) is 7.14. The second-order valence-electron chi connectivity index (χ2n) is 6.18. The maximum Gasteiger partial charge on any atom is 0.387 e. The number of allylic oxidation sites excluding steroid dienone is 1. The number of hydrogen-bond donors (Lipinski definition) is 1. The summed E-state index contributed by atoms with van der Waals surface area (Å²) in [6.45, 7) is 0.880. The molecule has 0 unspecified atom stereocenters. The number of hydrogen-bond acceptors (Lipinski definition) is 6. The lowest BCUT2D eigenvalue weighted by atomic mass is 10.2. The van der Waals surface area contributed by atoms with Crippen LogP contribution in [0.25, 0.3) is 10.9 Å². The van der Waals surface area contributed by atoms with Gasteiger partial charge in [0.2, 0.25) is 5.91 Å². The molecule has 0 radical (unpaired) electrons. The third kappa shape index (κ3) is 5.54. The number of rotatable bonds is 8. The fraction of sp³-hybridized carbons (Fsp3) is 0.143. The summed E-state index contributed by atoms with van der Waals surface area (Å²) in [5.74, 6) is -1.56. The third-order valence-corrected chi connectivity index (χ3v) is 5.04. The van der Waals surface area contributed by atoms with Gasteiger partial charge < -0.3 is 4.74 Å². The van der Waals surface area contributed by atoms with Gasteiger partial charge in [0.15, 0.2) is 5.16 Å². The summed E-state index contributed by atoms with van der Waals surface area (Å²) in [7, 11) is 0. The molecule has 0 aliphatic heterocycles. The molecule has 0 atom stereocenters. The van der Waals surface area contributed by atoms with Crippen LogP contribution in [-0.2, 0) is 11.3 Å². The Morgan fingerprint density at radius 2 is 1.90 bits per heavy atom. The number of aromatic nitrogens is 2. The first kappa shape index (κ1) is 22.2. The Bertz CT molecular complexity index is 1180. The van der Waals surface area contributed by atoms with E-state index in [4.69, 9.17) is 0 Å². The first-order valence-corrected chi connectivity index (χ1v) is 10.00. The fourth-order valence-corrected chi connectivity index (χ4v) is 3.51. The number of fused-ring (bicyclic) bond motifs is 1. The minimum absolute atomic E-state index is 0.101. The summed E-state index contributed by atoms with van der Waals surface area (Å²) < 4.78 is 30.0. The molecule has 0 saturated carbocycles. The zero-order valence-electron chi connectivity index (χ0n) is 16.1. The van der Waals surface area contributed by atoms with E-state index in [0.29, 0.717) is 16.1 Å². The summed E-state index contributed by atoms with van der Waals surface area (Å²) in [6.07, 6.45) is 1.55. The summed E-state index contributed by atoms with van der Waals surface area (Å²) >= 11 is 1.01. The molecule has 0 aliphatic rings. The molecule has 1 N–H and O–H groups in total. The number of ether oxygens (including phenoxy) is 1. The van der Waals surface area contributed by atoms with Crippen molar-refractivity contribution in [2.75, 3.05) is 5.75 Å². The maximum absolute atomic E-state index is 12.7. The van der Waals surface area contributed by atoms with E-state index in [1.165, 1.54) is 28.8 Å². The van der Waals surface area contributed by atoms with Crippen molar-refractivity contribution >= 4 is 34.5 Å². The first-order valence-electron chi connectivity index (χ1n) is 9.01. The summed E-state index contributed by atoms with van der Waals surface area (Å²) in [6, 6.07) is 11.8. The normalized spacial score (nSPS) is 10.8. The van der Waals surface area contributed by atoms with E-state index >= 15 is 0 Å². The number of carbonyl (C=O) groups is 2. The number of nitrogens with zero attached hydrogens (tertiary/aromatic N) is 2. The van der Waals surface area contributed by atoms with E-state index < -0.39 is 18.4 Å². The second kappa shape index (κ2) is 9.98. The van der Waals surface area contributed by atoms with Crippen LogP contribution in [0.4, 0.5) is 8.78 Å². The number of imide groups is 1. The van der Waals surface area contributed by atoms with Crippen molar-refractivity contribution < 1.29 is 23.1 Å². The Morgan fingerprint density at radius 3 is 2.58 bits per heavy atom. The molecule has 31 heavy (non-hydrogen) atoms. The van der Waals surface area contributed by atoms with Gasteiger partial charge in [0.25, 0.3) is 11.5 Å². The monoisotopic (exact) mass is 445 g/mol. The topological polar surface area (TPSA) is 90.3 Å². The molecule has 2 amide bonds. The van der Waals surface area contributed by atoms with Crippen LogP contribution in [0.15, 0.2) is 71.1 Å². The Hall–Kier alpha value is -3.53. The lowest BCUT2D eigenvalue weighted by Crippen LogP contribution is -2.32. The predicted octanol–water partition coefficient (Wildman–Crippen LogP) is 3.23. The molecule has 3 aromatic rings. The van der Waals surface area contributed by atoms with Gasteiger partial charge in [0.05, 0.1) is 16.7 Å². The molecule has 160 valence electrons. The molecule has 0 fully saturated rings. The molecular weight excluding hydrogens is 428 g/mol. The van der Waals surface area contributed by atoms with E-state index in [2.05, 4.69) is 21.6 Å². The van der Waals surface area contributed by atoms with Gasteiger partial charge in [-0.05, 0) is 36.4 Å². The minimum atomic E-state index is -2.97. The van der Waals surface area contributed by atoms with Crippen molar-refractivity contribution in [3.8, 4) is 5.75 Å². The summed E-state index contributed by atoms with van der Waals surface area (Å²) in [4.78, 5) is 41.5. The van der Waals surface area contributed by atoms with Crippen molar-refractivity contribution in [2.45, 2.75) is 18.3 Å². The average Bonchev–Trinajstić information content (AvgIpc) is 2.74. The minimum Gasteiger partial charge on any atom is -0.435 e. The van der Waals surface area contributed by atoms with Gasteiger partial charge in [-0.2, -0.15) is 8.78 Å². The van der Waals surface area contributed by atoms with Gasteiger partial charge in [-0.15, -0.1) is 6.58 Å². The Morgan fingerprint density at radius 1 is 1.19 bits per heavy atom. The van der Waals surface area contributed by atoms with Crippen LogP contribution >= 0.6 is 11.8 Å². The van der Waals surface area contributed by atoms with Crippen LogP contribution in [0.1, 0.15) is 10.4 Å². The molecule has 0 aliphatic carbocycles. The molecule has 0 spiro atoms. The number of para-hydroxylation sites is 1. The number of thioether (sulfide) groups is 1. The maximum atomic E-state index is 12.7. The number of halogens is 2. The van der Waals surface area contributed by atoms with Gasteiger partial charge in [0, 0.05) is 12.1 Å². The molecule has 7 nitrogen and oxygen atoms in total. The Balaban J connectivity index is 1.68. The number of alkyl halides is 2. The highest BCUT2D eigenvalue weighted by molar-refractivity contribution is 7.99. The number of nitrogens with one attached hydrogen (secondary N) is 1. The molecule has 3 rings (SSSR count). The van der Waals surface area contributed by atoms with Crippen molar-refractivity contribution in [2.24, 2.45) is 0 Å². The van der Waals surface area contributed by atoms with E-state index in [-0.39, 0.29) is 29.2 Å². The van der Waals surface area contributed by atoms with Gasteiger partial charge in [0.1, 0.15) is 5.75 Å². The molecule has 1 aromatic heterocycles. The lowest BCUT2D eigenvalue weighted by molar-refractivity contribution is -0.117. The lowest BCUT2D eigenvalue weighted by Gasteiger charge is -2.11. The highest BCUT2D eigenvalue weighted by atomic mass is 32.2. The van der Waals surface area contributed by atoms with Crippen LogP contribution in [0.5, 0.6) is 5.75 Å². The van der Waals surface area contributed by atoms with Gasteiger partial charge in [-0.3, -0.25) is 24.3 Å². The van der Waals surface area contributed by atoms with Crippen LogP contribution in [0.3, 0.4) is 0 Å². The quantitative estimate of drug-likeness (QED) is 0.325. The van der Waals surface area contributed by atoms with Crippen molar-refractivity contribution in [1.29, 1.82) is 0 Å². The number of benzene rings is 2. The second-order valence-corrected chi connectivity index (χ2v) is 7.13. The molecule has 10 heteroatoms. The standard InChI is InChI=1S/C21H17F2N3O4S/c1-2-11-26-19(29)15-5-3-4-6-16(15)24-21(26)31-12-17(27)25-18(28)13-7-9-14(10-8-13)30-20(22)23/h2-10,20H,1,11-12H2,(H,25,27,28). The van der Waals surface area contributed by atoms with Crippen LogP contribution in [-0.4, -0.2) is 33.7 Å². The average molecular weight is 445 g/mol. The zero-order chi connectivity index (χ0) is 22.4. The predicted molar refractivity (Wildman–Crippen MR) is 112 cm³/mol. The third-order valence-electron chi connectivity index (χ3n) is 4.07. The Labute approximate surface area is 179 Å². The summed E-state index contributed by atoms with van der Waals surface area (Å²) in [5.41, 5.74) is 0.348. The first-order chi connectivity index (χ1) is 14.9. The van der Waals surface area contributed by atoms with Gasteiger partial charge in [-0.1, -0.05) is 30.0 Å². The number of amides is 2. The van der Waals surface area contributed by atoms with Crippen molar-refractivity contribution in [3.63, 3.8) is 0 Å². The number of carbonyl (C=O) groups excluding carboxylic acids is 2. The van der Waals surface area contributed by atoms with Crippen LogP contribution < -0.4 is 15.6 Å². The molecule has 1 heterocycles. The zero-order valence-corrected chi connectivity index (χ0v) is 16.9. The molecule has 2 aromatic carbocycles. The van der Waals surface area contributed by atoms with Crippen molar-refractivity contribution in [1.82, 2.24) is 14.9 Å². The molecular formula is C21H17F2N3O4S. The van der Waals surface area contributed by atoms with E-state index in [1.807, 2.05) is 0 Å². The largest absolute Gasteiger partial charge is 0.435 e. The molecule has 0 bridgehead atoms. The van der Waals surface area contributed by atoms with Gasteiger partial charge in [-0.25, -0.2) is 4.98 Å². The van der Waals surface area contributed by atoms with Gasteiger partial charge >= 0.3 is 6.61 Å². The molecule has 0 saturated heterocycles. The SMILES string of the molecule is C=CCn1c(SCC(=O)NC(=O)c2ccc(OC(F)F)cc2)nc2ccccc2c1=O. The van der Waals surface area contributed by atoms with Crippen LogP contribution in [0.2, 0.25) is 0 Å². The van der Waals surface area contributed by atoms with E-state index in [9.17, 15) is 23.2 Å². The van der Waals surface area contributed by atoms with E-state index in [1.54, 1.807) is 30.3 Å². The summed E-state index contributed by atoms with van der Waals surface area (Å²) in [5, 5.41) is 2.98. The fourth-order valence-electron chi connectivity index (χ4n) is 2.70. The smallest absolute Gasteiger partial charge is 0.387 e. The van der Waals surface area contributed by atoms with E-state index in [0.717, 1.165) is 11.8 Å². The van der Waals surface area contributed by atoms with Crippen LogP contribution in [0, 0.1) is 0 Å². The highest BCUT2D eigenvalue weighted by Gasteiger charge is 2.15.